The van der Waals surface area contributed by atoms with Gasteiger partial charge in [0.05, 0.1) is 12.1 Å². The molecule has 2 N–H and O–H groups in total. The van der Waals surface area contributed by atoms with E-state index in [4.69, 9.17) is 18.0 Å². The van der Waals surface area contributed by atoms with Crippen molar-refractivity contribution in [2.45, 2.75) is 6.54 Å². The van der Waals surface area contributed by atoms with E-state index >= 15 is 0 Å². The third kappa shape index (κ3) is 2.48. The number of rotatable bonds is 4. The molecule has 0 amide bonds. The Labute approximate surface area is 111 Å². The van der Waals surface area contributed by atoms with Crippen molar-refractivity contribution >= 4 is 23.0 Å². The summed E-state index contributed by atoms with van der Waals surface area (Å²) in [5.74, 6) is 1.73. The number of imidazole rings is 1. The van der Waals surface area contributed by atoms with Gasteiger partial charge in [0.1, 0.15) is 16.6 Å². The number of hydrogen-bond donors (Lipinski definition) is 1. The highest BCUT2D eigenvalue weighted by atomic mass is 32.1. The lowest BCUT2D eigenvalue weighted by molar-refractivity contribution is 0.755. The molecule has 0 spiro atoms. The summed E-state index contributed by atoms with van der Waals surface area (Å²) in [7, 11) is 3.90. The van der Waals surface area contributed by atoms with Crippen LogP contribution in [0.3, 0.4) is 0 Å². The Bertz CT molecular complexity index is 563. The monoisotopic (exact) mass is 261 g/mol. The normalized spacial score (nSPS) is 10.3. The molecule has 0 atom stereocenters. The first-order valence-corrected chi connectivity index (χ1v) is 5.92. The van der Waals surface area contributed by atoms with Crippen LogP contribution in [0.5, 0.6) is 0 Å². The second-order valence-corrected chi connectivity index (χ2v) is 4.49. The van der Waals surface area contributed by atoms with Crippen LogP contribution < -0.4 is 10.6 Å². The van der Waals surface area contributed by atoms with Gasteiger partial charge in [-0.2, -0.15) is 0 Å². The number of nitrogens with two attached hydrogens (primary N) is 1. The second-order valence-electron chi connectivity index (χ2n) is 4.05. The Hall–Kier alpha value is -1.95. The van der Waals surface area contributed by atoms with Gasteiger partial charge >= 0.3 is 0 Å². The van der Waals surface area contributed by atoms with Crippen molar-refractivity contribution in [3.8, 4) is 0 Å². The minimum atomic E-state index is 0.352. The molecular weight excluding hydrogens is 246 g/mol. The number of hydrogen-bond acceptors (Lipinski definition) is 4. The lowest BCUT2D eigenvalue weighted by Gasteiger charge is -2.20. The van der Waals surface area contributed by atoms with Gasteiger partial charge in [-0.3, -0.25) is 0 Å². The van der Waals surface area contributed by atoms with Gasteiger partial charge in [-0.15, -0.1) is 0 Å². The van der Waals surface area contributed by atoms with Gasteiger partial charge < -0.3 is 15.2 Å². The summed E-state index contributed by atoms with van der Waals surface area (Å²) in [6.07, 6.45) is 5.41. The fourth-order valence-corrected chi connectivity index (χ4v) is 1.89. The van der Waals surface area contributed by atoms with Crippen LogP contribution in [0.25, 0.3) is 0 Å². The summed E-state index contributed by atoms with van der Waals surface area (Å²) in [6, 6.07) is 3.70. The third-order valence-electron chi connectivity index (χ3n) is 2.71. The molecule has 5 nitrogen and oxygen atoms in total. The van der Waals surface area contributed by atoms with Gasteiger partial charge in [0.25, 0.3) is 0 Å². The lowest BCUT2D eigenvalue weighted by Crippen LogP contribution is -2.24. The highest BCUT2D eigenvalue weighted by Crippen LogP contribution is 2.17. The summed E-state index contributed by atoms with van der Waals surface area (Å²) in [4.78, 5) is 11.0. The Morgan fingerprint density at radius 3 is 2.83 bits per heavy atom. The number of thiocarbonyl (C=S) groups is 1. The Morgan fingerprint density at radius 1 is 1.44 bits per heavy atom. The van der Waals surface area contributed by atoms with Crippen LogP contribution in [0.15, 0.2) is 30.7 Å². The first kappa shape index (κ1) is 12.5. The van der Waals surface area contributed by atoms with Crippen molar-refractivity contribution in [1.82, 2.24) is 14.5 Å². The van der Waals surface area contributed by atoms with E-state index < -0.39 is 0 Å². The summed E-state index contributed by atoms with van der Waals surface area (Å²) >= 11 is 5.03. The van der Waals surface area contributed by atoms with Crippen molar-refractivity contribution in [3.05, 3.63) is 42.1 Å². The Balaban J connectivity index is 2.26. The van der Waals surface area contributed by atoms with Crippen molar-refractivity contribution < 1.29 is 0 Å². The number of nitrogens with zero attached hydrogens (tertiary/aromatic N) is 4. The maximum absolute atomic E-state index is 5.70. The topological polar surface area (TPSA) is 60.0 Å². The molecule has 0 aromatic carbocycles. The maximum atomic E-state index is 5.70. The predicted octanol–water partition coefficient (Wildman–Crippen LogP) is 1.09. The number of pyridine rings is 1. The first-order chi connectivity index (χ1) is 8.59. The van der Waals surface area contributed by atoms with E-state index in [1.807, 2.05) is 41.9 Å². The van der Waals surface area contributed by atoms with E-state index in [-0.39, 0.29) is 0 Å². The van der Waals surface area contributed by atoms with E-state index in [2.05, 4.69) is 9.97 Å². The molecule has 0 bridgehead atoms. The van der Waals surface area contributed by atoms with Crippen LogP contribution in [-0.2, 0) is 13.6 Å². The fraction of sp³-hybridized carbons (Fsp3) is 0.250. The number of aromatic nitrogens is 3. The van der Waals surface area contributed by atoms with Crippen molar-refractivity contribution in [2.24, 2.45) is 12.8 Å². The molecule has 18 heavy (non-hydrogen) atoms. The smallest absolute Gasteiger partial charge is 0.138 e. The zero-order valence-electron chi connectivity index (χ0n) is 10.4. The van der Waals surface area contributed by atoms with Crippen LogP contribution in [-0.4, -0.2) is 26.6 Å². The molecule has 0 saturated heterocycles. The van der Waals surface area contributed by atoms with Gasteiger partial charge in [0, 0.05) is 32.7 Å². The molecule has 0 aliphatic rings. The number of aryl methyl sites for hydroxylation is 1. The molecule has 0 aliphatic heterocycles. The largest absolute Gasteiger partial charge is 0.389 e. The molecule has 0 radical (unpaired) electrons. The molecule has 94 valence electrons. The Kier molecular flexibility index (Phi) is 3.57. The predicted molar refractivity (Wildman–Crippen MR) is 75.4 cm³/mol. The fourth-order valence-electron chi connectivity index (χ4n) is 1.73. The molecular formula is C12H15N5S. The minimum absolute atomic E-state index is 0.352. The van der Waals surface area contributed by atoms with Crippen molar-refractivity contribution in [2.75, 3.05) is 11.9 Å². The molecule has 2 rings (SSSR count). The molecule has 0 aliphatic carbocycles. The first-order valence-electron chi connectivity index (χ1n) is 5.51. The molecule has 6 heteroatoms. The highest BCUT2D eigenvalue weighted by Gasteiger charge is 2.12. The maximum Gasteiger partial charge on any atom is 0.138 e. The van der Waals surface area contributed by atoms with Gasteiger partial charge in [-0.25, -0.2) is 9.97 Å². The summed E-state index contributed by atoms with van der Waals surface area (Å²) in [6.45, 7) is 0.649. The minimum Gasteiger partial charge on any atom is -0.389 e. The van der Waals surface area contributed by atoms with Gasteiger partial charge in [-0.1, -0.05) is 12.2 Å². The van der Waals surface area contributed by atoms with Crippen LogP contribution in [0.1, 0.15) is 11.4 Å². The zero-order chi connectivity index (χ0) is 13.1. The molecule has 0 fully saturated rings. The standard InChI is InChI=1S/C12H15N5S/c1-16-7-6-14-10(16)8-17(2)12-9(11(13)18)4-3-5-15-12/h3-7H,8H2,1-2H3,(H2,13,18). The molecule has 2 aromatic heterocycles. The van der Waals surface area contributed by atoms with Gasteiger partial charge in [0.15, 0.2) is 0 Å². The third-order valence-corrected chi connectivity index (χ3v) is 2.93. The Morgan fingerprint density at radius 2 is 2.22 bits per heavy atom. The van der Waals surface area contributed by atoms with Gasteiger partial charge in [-0.05, 0) is 12.1 Å². The summed E-state index contributed by atoms with van der Waals surface area (Å²) in [5, 5.41) is 0. The molecule has 2 aromatic rings. The highest BCUT2D eigenvalue weighted by molar-refractivity contribution is 7.80. The zero-order valence-corrected chi connectivity index (χ0v) is 11.2. The molecule has 0 unspecified atom stereocenters. The van der Waals surface area contributed by atoms with E-state index in [0.29, 0.717) is 11.5 Å². The SMILES string of the molecule is CN(Cc1nccn1C)c1ncccc1C(N)=S. The van der Waals surface area contributed by atoms with Crippen LogP contribution >= 0.6 is 12.2 Å². The molecule has 2 heterocycles. The van der Waals surface area contributed by atoms with Crippen LogP contribution in [0.4, 0.5) is 5.82 Å². The van der Waals surface area contributed by atoms with Gasteiger partial charge in [0.2, 0.25) is 0 Å². The second kappa shape index (κ2) is 5.14. The average Bonchev–Trinajstić information content (AvgIpc) is 2.75. The number of anilines is 1. The van der Waals surface area contributed by atoms with Crippen molar-refractivity contribution in [1.29, 1.82) is 0 Å². The average molecular weight is 261 g/mol. The lowest BCUT2D eigenvalue weighted by atomic mass is 10.2. The van der Waals surface area contributed by atoms with E-state index in [1.165, 1.54) is 0 Å². The van der Waals surface area contributed by atoms with Crippen molar-refractivity contribution in [3.63, 3.8) is 0 Å². The van der Waals surface area contributed by atoms with E-state index in [1.54, 1.807) is 12.4 Å². The van der Waals surface area contributed by atoms with E-state index in [0.717, 1.165) is 17.2 Å². The van der Waals surface area contributed by atoms with Crippen LogP contribution in [0.2, 0.25) is 0 Å². The summed E-state index contributed by atoms with van der Waals surface area (Å²) < 4.78 is 1.97. The quantitative estimate of drug-likeness (QED) is 0.835. The summed E-state index contributed by atoms with van der Waals surface area (Å²) in [5.41, 5.74) is 6.48. The van der Waals surface area contributed by atoms with E-state index in [9.17, 15) is 0 Å². The van der Waals surface area contributed by atoms with Crippen LogP contribution in [0, 0.1) is 0 Å². The molecule has 0 saturated carbocycles.